The average Bonchev–Trinajstić information content (AvgIpc) is 2.75. The number of halogens is 1. The van der Waals surface area contributed by atoms with E-state index in [1.54, 1.807) is 30.3 Å². The zero-order valence-corrected chi connectivity index (χ0v) is 10.2. The van der Waals surface area contributed by atoms with E-state index in [0.717, 1.165) is 0 Å². The smallest absolute Gasteiger partial charge is 0.273 e. The average molecular weight is 267 g/mol. The van der Waals surface area contributed by atoms with Gasteiger partial charge in [-0.1, -0.05) is 18.2 Å². The second-order valence-electron chi connectivity index (χ2n) is 3.70. The van der Waals surface area contributed by atoms with E-state index in [-0.39, 0.29) is 10.6 Å². The van der Waals surface area contributed by atoms with Crippen LogP contribution < -0.4 is 5.32 Å². The van der Waals surface area contributed by atoms with Gasteiger partial charge in [0.15, 0.2) is 5.22 Å². The summed E-state index contributed by atoms with van der Waals surface area (Å²) in [5.74, 6) is 0.693. The SMILES string of the molecule is O=[N+]([O-])c1ccccc1CNCc1ccc(Cl)o1. The topological polar surface area (TPSA) is 68.3 Å². The highest BCUT2D eigenvalue weighted by Crippen LogP contribution is 2.17. The van der Waals surface area contributed by atoms with Crippen LogP contribution in [-0.2, 0) is 13.1 Å². The molecule has 0 bridgehead atoms. The van der Waals surface area contributed by atoms with Gasteiger partial charge in [0.05, 0.1) is 11.5 Å². The van der Waals surface area contributed by atoms with Crippen LogP contribution in [-0.4, -0.2) is 4.92 Å². The van der Waals surface area contributed by atoms with Gasteiger partial charge in [0.1, 0.15) is 5.76 Å². The number of rotatable bonds is 5. The van der Waals surface area contributed by atoms with Gasteiger partial charge in [0, 0.05) is 18.2 Å². The zero-order valence-electron chi connectivity index (χ0n) is 9.43. The second kappa shape index (κ2) is 5.66. The number of para-hydroxylation sites is 1. The van der Waals surface area contributed by atoms with E-state index in [0.29, 0.717) is 29.6 Å². The predicted octanol–water partition coefficient (Wildman–Crippen LogP) is 3.13. The summed E-state index contributed by atoms with van der Waals surface area (Å²) in [6.45, 7) is 0.869. The monoisotopic (exact) mass is 266 g/mol. The Morgan fingerprint density at radius 3 is 2.67 bits per heavy atom. The lowest BCUT2D eigenvalue weighted by molar-refractivity contribution is -0.385. The number of hydrogen-bond acceptors (Lipinski definition) is 4. The molecule has 1 aromatic carbocycles. The molecule has 2 rings (SSSR count). The van der Waals surface area contributed by atoms with Crippen LogP contribution in [0.5, 0.6) is 0 Å². The Kier molecular flexibility index (Phi) is 3.96. The first-order chi connectivity index (χ1) is 8.66. The lowest BCUT2D eigenvalue weighted by Crippen LogP contribution is -2.13. The highest BCUT2D eigenvalue weighted by atomic mass is 35.5. The van der Waals surface area contributed by atoms with Gasteiger partial charge in [-0.2, -0.15) is 0 Å². The first-order valence-corrected chi connectivity index (χ1v) is 5.72. The minimum absolute atomic E-state index is 0.113. The first-order valence-electron chi connectivity index (χ1n) is 5.34. The summed E-state index contributed by atoms with van der Waals surface area (Å²) < 4.78 is 5.17. The number of nitro groups is 1. The van der Waals surface area contributed by atoms with Crippen molar-refractivity contribution in [1.82, 2.24) is 5.32 Å². The third kappa shape index (κ3) is 3.09. The number of nitro benzene ring substituents is 1. The molecule has 0 spiro atoms. The third-order valence-electron chi connectivity index (χ3n) is 2.43. The van der Waals surface area contributed by atoms with Crippen LogP contribution in [0.1, 0.15) is 11.3 Å². The molecule has 0 aliphatic heterocycles. The van der Waals surface area contributed by atoms with Gasteiger partial charge in [-0.25, -0.2) is 0 Å². The van der Waals surface area contributed by atoms with Crippen LogP contribution in [0.2, 0.25) is 5.22 Å². The Hall–Kier alpha value is -1.85. The van der Waals surface area contributed by atoms with Crippen LogP contribution in [0.4, 0.5) is 5.69 Å². The van der Waals surface area contributed by atoms with Crippen LogP contribution in [0.3, 0.4) is 0 Å². The van der Waals surface area contributed by atoms with Gasteiger partial charge in [-0.3, -0.25) is 10.1 Å². The molecule has 0 aliphatic carbocycles. The third-order valence-corrected chi connectivity index (χ3v) is 2.63. The molecule has 0 radical (unpaired) electrons. The molecule has 0 fully saturated rings. The van der Waals surface area contributed by atoms with E-state index < -0.39 is 0 Å². The Bertz CT molecular complexity index is 554. The molecule has 1 N–H and O–H groups in total. The molecule has 5 nitrogen and oxygen atoms in total. The van der Waals surface area contributed by atoms with Gasteiger partial charge >= 0.3 is 0 Å². The van der Waals surface area contributed by atoms with Crippen molar-refractivity contribution in [2.45, 2.75) is 13.1 Å². The van der Waals surface area contributed by atoms with Gasteiger partial charge < -0.3 is 9.73 Å². The number of nitrogens with one attached hydrogen (secondary N) is 1. The molecule has 1 heterocycles. The molecule has 18 heavy (non-hydrogen) atoms. The first kappa shape index (κ1) is 12.6. The number of nitrogens with zero attached hydrogens (tertiary/aromatic N) is 1. The maximum Gasteiger partial charge on any atom is 0.273 e. The van der Waals surface area contributed by atoms with E-state index >= 15 is 0 Å². The van der Waals surface area contributed by atoms with Crippen molar-refractivity contribution in [2.24, 2.45) is 0 Å². The number of hydrogen-bond donors (Lipinski definition) is 1. The van der Waals surface area contributed by atoms with Gasteiger partial charge in [-0.15, -0.1) is 0 Å². The molecule has 0 atom stereocenters. The zero-order chi connectivity index (χ0) is 13.0. The van der Waals surface area contributed by atoms with Crippen molar-refractivity contribution in [3.8, 4) is 0 Å². The Balaban J connectivity index is 1.96. The summed E-state index contributed by atoms with van der Waals surface area (Å²) >= 11 is 5.64. The van der Waals surface area contributed by atoms with Gasteiger partial charge in [0.25, 0.3) is 5.69 Å². The summed E-state index contributed by atoms with van der Waals surface area (Å²) in [5, 5.41) is 14.2. The Morgan fingerprint density at radius 1 is 1.22 bits per heavy atom. The van der Waals surface area contributed by atoms with Crippen LogP contribution in [0, 0.1) is 10.1 Å². The van der Waals surface area contributed by atoms with Crippen LogP contribution >= 0.6 is 11.6 Å². The summed E-state index contributed by atoms with van der Waals surface area (Å²) in [4.78, 5) is 10.4. The second-order valence-corrected chi connectivity index (χ2v) is 4.07. The van der Waals surface area contributed by atoms with Crippen molar-refractivity contribution >= 4 is 17.3 Å². The van der Waals surface area contributed by atoms with Crippen molar-refractivity contribution < 1.29 is 9.34 Å². The minimum atomic E-state index is -0.388. The molecule has 2 aromatic rings. The summed E-state index contributed by atoms with van der Waals surface area (Å²) in [5.41, 5.74) is 0.752. The molecule has 0 saturated carbocycles. The summed E-state index contributed by atoms with van der Waals surface area (Å²) in [7, 11) is 0. The lowest BCUT2D eigenvalue weighted by Gasteiger charge is -2.03. The molecule has 1 aromatic heterocycles. The molecular weight excluding hydrogens is 256 g/mol. The largest absolute Gasteiger partial charge is 0.448 e. The van der Waals surface area contributed by atoms with Gasteiger partial charge in [-0.05, 0) is 23.7 Å². The van der Waals surface area contributed by atoms with E-state index in [4.69, 9.17) is 16.0 Å². The predicted molar refractivity (Wildman–Crippen MR) is 67.4 cm³/mol. The van der Waals surface area contributed by atoms with E-state index in [9.17, 15) is 10.1 Å². The molecular formula is C12H11ClN2O3. The van der Waals surface area contributed by atoms with E-state index in [2.05, 4.69) is 5.32 Å². The van der Waals surface area contributed by atoms with Crippen molar-refractivity contribution in [3.63, 3.8) is 0 Å². The van der Waals surface area contributed by atoms with E-state index in [1.807, 2.05) is 0 Å². The fourth-order valence-corrected chi connectivity index (χ4v) is 1.77. The Labute approximate surface area is 109 Å². The molecule has 94 valence electrons. The fraction of sp³-hybridized carbons (Fsp3) is 0.167. The maximum absolute atomic E-state index is 10.8. The molecule has 0 unspecified atom stereocenters. The number of benzene rings is 1. The van der Waals surface area contributed by atoms with Crippen LogP contribution in [0.25, 0.3) is 0 Å². The quantitative estimate of drug-likeness (QED) is 0.667. The van der Waals surface area contributed by atoms with Crippen molar-refractivity contribution in [2.75, 3.05) is 0 Å². The van der Waals surface area contributed by atoms with Crippen LogP contribution in [0.15, 0.2) is 40.8 Å². The van der Waals surface area contributed by atoms with E-state index in [1.165, 1.54) is 6.07 Å². The summed E-state index contributed by atoms with van der Waals surface area (Å²) in [6, 6.07) is 10.0. The lowest BCUT2D eigenvalue weighted by atomic mass is 10.2. The standard InChI is InChI=1S/C12H11ClN2O3/c13-12-6-5-10(18-12)8-14-7-9-3-1-2-4-11(9)15(16)17/h1-6,14H,7-8H2. The maximum atomic E-state index is 10.8. The highest BCUT2D eigenvalue weighted by molar-refractivity contribution is 6.28. The highest BCUT2D eigenvalue weighted by Gasteiger charge is 2.11. The molecule has 0 saturated heterocycles. The van der Waals surface area contributed by atoms with Gasteiger partial charge in [0.2, 0.25) is 0 Å². The normalized spacial score (nSPS) is 10.5. The summed E-state index contributed by atoms with van der Waals surface area (Å²) in [6.07, 6.45) is 0. The fourth-order valence-electron chi connectivity index (χ4n) is 1.61. The molecule has 6 heteroatoms. The minimum Gasteiger partial charge on any atom is -0.448 e. The Morgan fingerprint density at radius 2 is 2.00 bits per heavy atom. The molecule has 0 amide bonds. The van der Waals surface area contributed by atoms with Crippen molar-refractivity contribution in [3.05, 3.63) is 63.1 Å². The molecule has 0 aliphatic rings. The number of furan rings is 1. The van der Waals surface area contributed by atoms with Crippen molar-refractivity contribution in [1.29, 1.82) is 0 Å².